The molecule has 0 atom stereocenters. The Morgan fingerprint density at radius 2 is 0.897 bits per heavy atom. The molecule has 0 aliphatic rings. The van der Waals surface area contributed by atoms with Crippen molar-refractivity contribution in [2.75, 3.05) is 0 Å². The molecule has 0 amide bonds. The highest BCUT2D eigenvalue weighted by molar-refractivity contribution is 5.83. The van der Waals surface area contributed by atoms with E-state index in [2.05, 4.69) is 66.7 Å². The molecular weight excluding hydrogens is 478 g/mol. The van der Waals surface area contributed by atoms with E-state index in [1.165, 1.54) is 0 Å². The van der Waals surface area contributed by atoms with Crippen LogP contribution in [0.25, 0.3) is 67.6 Å². The van der Waals surface area contributed by atoms with E-state index in [4.69, 9.17) is 19.4 Å². The molecule has 0 aliphatic carbocycles. The van der Waals surface area contributed by atoms with Crippen molar-refractivity contribution in [2.24, 2.45) is 0 Å². The summed E-state index contributed by atoms with van der Waals surface area (Å²) < 4.78 is 5.99. The molecule has 0 aliphatic heterocycles. The number of hydrogen-bond acceptors (Lipinski definition) is 4. The minimum Gasteiger partial charge on any atom is -0.436 e. The van der Waals surface area contributed by atoms with E-state index in [0.717, 1.165) is 55.9 Å². The summed E-state index contributed by atoms with van der Waals surface area (Å²) in [6, 6.07) is 47.0. The summed E-state index contributed by atoms with van der Waals surface area (Å²) in [6.45, 7) is 0. The predicted molar refractivity (Wildman–Crippen MR) is 157 cm³/mol. The number of fused-ring (bicyclic) bond motifs is 1. The molecule has 0 bridgehead atoms. The zero-order chi connectivity index (χ0) is 26.0. The number of hydrogen-bond donors (Lipinski definition) is 0. The molecule has 0 fully saturated rings. The minimum absolute atomic E-state index is 0.628. The van der Waals surface area contributed by atoms with E-state index in [1.807, 2.05) is 72.8 Å². The molecule has 7 rings (SSSR count). The number of nitrogens with zero attached hydrogens (tertiary/aromatic N) is 3. The average Bonchev–Trinajstić information content (AvgIpc) is 3.46. The summed E-state index contributed by atoms with van der Waals surface area (Å²) in [5.74, 6) is 1.32. The quantitative estimate of drug-likeness (QED) is 0.236. The van der Waals surface area contributed by atoms with Gasteiger partial charge in [-0.1, -0.05) is 109 Å². The fraction of sp³-hybridized carbons (Fsp3) is 0. The van der Waals surface area contributed by atoms with Crippen LogP contribution in [0.3, 0.4) is 0 Å². The minimum atomic E-state index is 0.628. The second-order valence-electron chi connectivity index (χ2n) is 9.34. The van der Waals surface area contributed by atoms with Crippen molar-refractivity contribution in [3.63, 3.8) is 0 Å². The van der Waals surface area contributed by atoms with Gasteiger partial charge in [0.1, 0.15) is 5.52 Å². The van der Waals surface area contributed by atoms with Gasteiger partial charge in [-0.3, -0.25) is 0 Å². The summed E-state index contributed by atoms with van der Waals surface area (Å²) >= 11 is 0. The molecule has 0 saturated heterocycles. The van der Waals surface area contributed by atoms with Gasteiger partial charge in [0, 0.05) is 22.3 Å². The summed E-state index contributed by atoms with van der Waals surface area (Å²) in [4.78, 5) is 14.6. The van der Waals surface area contributed by atoms with E-state index in [-0.39, 0.29) is 0 Å². The zero-order valence-electron chi connectivity index (χ0n) is 21.0. The van der Waals surface area contributed by atoms with Gasteiger partial charge in [-0.15, -0.1) is 0 Å². The number of oxazole rings is 1. The summed E-state index contributed by atoms with van der Waals surface area (Å²) in [5, 5.41) is 0. The van der Waals surface area contributed by atoms with E-state index >= 15 is 0 Å². The molecule has 0 radical (unpaired) electrons. The SMILES string of the molecule is c1ccc(-c2cc(-c3ccccc3)nc(-c3ccc(-c4ccc5oc(-c6ccccc6)nc5c4)cc3)n2)cc1. The van der Waals surface area contributed by atoms with Crippen LogP contribution in [0.1, 0.15) is 0 Å². The Hall–Kier alpha value is -5.35. The van der Waals surface area contributed by atoms with Gasteiger partial charge in [-0.2, -0.15) is 0 Å². The van der Waals surface area contributed by atoms with Crippen molar-refractivity contribution in [2.45, 2.75) is 0 Å². The van der Waals surface area contributed by atoms with Gasteiger partial charge in [0.15, 0.2) is 11.4 Å². The molecule has 5 aromatic carbocycles. The van der Waals surface area contributed by atoms with E-state index in [0.29, 0.717) is 11.7 Å². The lowest BCUT2D eigenvalue weighted by molar-refractivity contribution is 0.620. The first-order valence-electron chi connectivity index (χ1n) is 12.9. The van der Waals surface area contributed by atoms with E-state index in [1.54, 1.807) is 0 Å². The van der Waals surface area contributed by atoms with Gasteiger partial charge in [-0.25, -0.2) is 15.0 Å². The highest BCUT2D eigenvalue weighted by Crippen LogP contribution is 2.31. The van der Waals surface area contributed by atoms with Crippen molar-refractivity contribution in [3.8, 4) is 56.5 Å². The Kier molecular flexibility index (Phi) is 5.76. The maximum absolute atomic E-state index is 5.99. The van der Waals surface area contributed by atoms with Crippen molar-refractivity contribution in [1.82, 2.24) is 15.0 Å². The molecule has 2 heterocycles. The number of rotatable bonds is 5. The Balaban J connectivity index is 1.25. The molecule has 7 aromatic rings. The van der Waals surface area contributed by atoms with E-state index in [9.17, 15) is 0 Å². The van der Waals surface area contributed by atoms with Crippen LogP contribution < -0.4 is 0 Å². The third kappa shape index (κ3) is 4.60. The zero-order valence-corrected chi connectivity index (χ0v) is 21.0. The van der Waals surface area contributed by atoms with Gasteiger partial charge >= 0.3 is 0 Å². The largest absolute Gasteiger partial charge is 0.436 e. The number of benzene rings is 5. The van der Waals surface area contributed by atoms with Crippen LogP contribution in [0.15, 0.2) is 144 Å². The number of aromatic nitrogens is 3. The maximum atomic E-state index is 5.99. The Morgan fingerprint density at radius 3 is 1.49 bits per heavy atom. The highest BCUT2D eigenvalue weighted by Gasteiger charge is 2.12. The topological polar surface area (TPSA) is 51.8 Å². The van der Waals surface area contributed by atoms with Gasteiger partial charge in [-0.05, 0) is 41.5 Å². The van der Waals surface area contributed by atoms with E-state index < -0.39 is 0 Å². The molecular formula is C35H23N3O. The smallest absolute Gasteiger partial charge is 0.227 e. The predicted octanol–water partition coefficient (Wildman–Crippen LogP) is 8.95. The first kappa shape index (κ1) is 22.8. The maximum Gasteiger partial charge on any atom is 0.227 e. The molecule has 2 aromatic heterocycles. The third-order valence-electron chi connectivity index (χ3n) is 6.75. The molecule has 4 nitrogen and oxygen atoms in total. The van der Waals surface area contributed by atoms with Crippen molar-refractivity contribution >= 4 is 11.1 Å². The lowest BCUT2D eigenvalue weighted by Gasteiger charge is -2.10. The van der Waals surface area contributed by atoms with Crippen molar-refractivity contribution in [1.29, 1.82) is 0 Å². The average molecular weight is 502 g/mol. The molecule has 0 unspecified atom stereocenters. The lowest BCUT2D eigenvalue weighted by Crippen LogP contribution is -1.95. The Labute approximate surface area is 226 Å². The van der Waals surface area contributed by atoms with Gasteiger partial charge in [0.05, 0.1) is 11.4 Å². The van der Waals surface area contributed by atoms with Crippen LogP contribution in [-0.4, -0.2) is 15.0 Å². The Bertz CT molecular complexity index is 1820. The Morgan fingerprint density at radius 1 is 0.385 bits per heavy atom. The first-order valence-corrected chi connectivity index (χ1v) is 12.9. The van der Waals surface area contributed by atoms with Gasteiger partial charge in [0.2, 0.25) is 5.89 Å². The van der Waals surface area contributed by atoms with Crippen molar-refractivity contribution in [3.05, 3.63) is 140 Å². The summed E-state index contributed by atoms with van der Waals surface area (Å²) in [5.41, 5.74) is 9.61. The monoisotopic (exact) mass is 501 g/mol. The summed E-state index contributed by atoms with van der Waals surface area (Å²) in [6.07, 6.45) is 0. The molecule has 0 N–H and O–H groups in total. The molecule has 184 valence electrons. The standard InChI is InChI=1S/C35H23N3O/c1-4-10-25(11-5-1)30-23-31(26-12-6-2-7-13-26)37-34(36-30)27-18-16-24(17-19-27)29-20-21-33-32(22-29)38-35(39-33)28-14-8-3-9-15-28/h1-23H. The molecule has 0 saturated carbocycles. The normalized spacial score (nSPS) is 11.1. The van der Waals surface area contributed by atoms with Crippen LogP contribution in [0.5, 0.6) is 0 Å². The van der Waals surface area contributed by atoms with Crippen LogP contribution in [0.2, 0.25) is 0 Å². The first-order chi connectivity index (χ1) is 19.3. The highest BCUT2D eigenvalue weighted by atomic mass is 16.3. The molecule has 0 spiro atoms. The van der Waals surface area contributed by atoms with Crippen LogP contribution >= 0.6 is 0 Å². The second-order valence-corrected chi connectivity index (χ2v) is 9.34. The fourth-order valence-corrected chi connectivity index (χ4v) is 4.71. The van der Waals surface area contributed by atoms with Crippen molar-refractivity contribution < 1.29 is 4.42 Å². The summed E-state index contributed by atoms with van der Waals surface area (Å²) in [7, 11) is 0. The van der Waals surface area contributed by atoms with Crippen LogP contribution in [-0.2, 0) is 0 Å². The fourth-order valence-electron chi connectivity index (χ4n) is 4.71. The van der Waals surface area contributed by atoms with Crippen LogP contribution in [0, 0.1) is 0 Å². The third-order valence-corrected chi connectivity index (χ3v) is 6.75. The molecule has 4 heteroatoms. The van der Waals surface area contributed by atoms with Gasteiger partial charge in [0.25, 0.3) is 0 Å². The van der Waals surface area contributed by atoms with Gasteiger partial charge < -0.3 is 4.42 Å². The second kappa shape index (κ2) is 9.84. The lowest BCUT2D eigenvalue weighted by atomic mass is 10.0. The molecule has 39 heavy (non-hydrogen) atoms. The van der Waals surface area contributed by atoms with Crippen LogP contribution in [0.4, 0.5) is 0 Å².